The van der Waals surface area contributed by atoms with Crippen molar-refractivity contribution in [1.29, 1.82) is 0 Å². The number of aromatic nitrogens is 1. The molecule has 2 rings (SSSR count). The Hall–Kier alpha value is -2.32. The van der Waals surface area contributed by atoms with Gasteiger partial charge in [0, 0.05) is 33.1 Å². The number of ether oxygens (including phenoxy) is 3. The van der Waals surface area contributed by atoms with Crippen molar-refractivity contribution in [2.75, 3.05) is 42.0 Å². The van der Waals surface area contributed by atoms with Gasteiger partial charge in [-0.05, 0) is 31.0 Å². The number of nitrogens with one attached hydrogen (secondary N) is 1. The molecule has 0 spiro atoms. The summed E-state index contributed by atoms with van der Waals surface area (Å²) in [7, 11) is 8.77. The number of nitrogens with zero attached hydrogens (tertiary/aromatic N) is 3. The molecule has 0 radical (unpaired) electrons. The van der Waals surface area contributed by atoms with Crippen LogP contribution < -0.4 is 14.8 Å². The fourth-order valence-corrected chi connectivity index (χ4v) is 3.58. The Morgan fingerprint density at radius 2 is 2.00 bits per heavy atom. The Bertz CT molecular complexity index is 779. The van der Waals surface area contributed by atoms with E-state index in [9.17, 15) is 0 Å². The van der Waals surface area contributed by atoms with Crippen LogP contribution in [0.15, 0.2) is 28.6 Å². The molecule has 8 heteroatoms. The minimum atomic E-state index is 0.0166. The molecule has 2 aromatic rings. The van der Waals surface area contributed by atoms with Gasteiger partial charge in [0.15, 0.2) is 17.5 Å². The van der Waals surface area contributed by atoms with E-state index < -0.39 is 0 Å². The Morgan fingerprint density at radius 1 is 1.25 bits per heavy atom. The molecule has 154 valence electrons. The Morgan fingerprint density at radius 3 is 2.64 bits per heavy atom. The lowest BCUT2D eigenvalue weighted by Crippen LogP contribution is -2.39. The monoisotopic (exact) mass is 406 g/mol. The number of benzene rings is 1. The predicted molar refractivity (Wildman–Crippen MR) is 114 cm³/mol. The van der Waals surface area contributed by atoms with Gasteiger partial charge in [-0.25, -0.2) is 4.98 Å². The van der Waals surface area contributed by atoms with E-state index >= 15 is 0 Å². The number of guanidine groups is 1. The van der Waals surface area contributed by atoms with Crippen molar-refractivity contribution < 1.29 is 14.2 Å². The smallest absolute Gasteiger partial charge is 0.193 e. The zero-order chi connectivity index (χ0) is 20.5. The number of rotatable bonds is 9. The lowest BCUT2D eigenvalue weighted by Gasteiger charge is -2.21. The average Bonchev–Trinajstić information content (AvgIpc) is 3.18. The number of thiazole rings is 1. The molecule has 0 aliphatic rings. The fourth-order valence-electron chi connectivity index (χ4n) is 2.74. The van der Waals surface area contributed by atoms with Crippen LogP contribution in [0.3, 0.4) is 0 Å². The molecule has 0 saturated heterocycles. The van der Waals surface area contributed by atoms with E-state index in [-0.39, 0.29) is 6.10 Å². The summed E-state index contributed by atoms with van der Waals surface area (Å²) in [5.41, 5.74) is 2.18. The van der Waals surface area contributed by atoms with Crippen LogP contribution in [0.5, 0.6) is 11.5 Å². The second-order valence-corrected chi connectivity index (χ2v) is 7.21. The summed E-state index contributed by atoms with van der Waals surface area (Å²) >= 11 is 1.62. The molecular formula is C20H30N4O3S. The molecule has 1 aromatic carbocycles. The summed E-state index contributed by atoms with van der Waals surface area (Å²) in [6, 6.07) is 5.97. The highest BCUT2D eigenvalue weighted by molar-refractivity contribution is 7.09. The van der Waals surface area contributed by atoms with Crippen molar-refractivity contribution in [3.05, 3.63) is 39.8 Å². The van der Waals surface area contributed by atoms with Crippen molar-refractivity contribution in [3.63, 3.8) is 0 Å². The van der Waals surface area contributed by atoms with Crippen LogP contribution in [0.1, 0.15) is 29.3 Å². The van der Waals surface area contributed by atoms with Gasteiger partial charge >= 0.3 is 0 Å². The number of hydrogen-bond donors (Lipinski definition) is 1. The van der Waals surface area contributed by atoms with Gasteiger partial charge in [0.1, 0.15) is 11.1 Å². The van der Waals surface area contributed by atoms with Gasteiger partial charge in [-0.15, -0.1) is 11.3 Å². The first-order valence-electron chi connectivity index (χ1n) is 9.12. The van der Waals surface area contributed by atoms with Crippen LogP contribution in [-0.2, 0) is 17.7 Å². The summed E-state index contributed by atoms with van der Waals surface area (Å²) in [4.78, 5) is 11.1. The largest absolute Gasteiger partial charge is 0.493 e. The minimum absolute atomic E-state index is 0.0166. The van der Waals surface area contributed by atoms with Crippen molar-refractivity contribution in [1.82, 2.24) is 15.2 Å². The molecular weight excluding hydrogens is 376 g/mol. The SMILES string of the molecule is CN=C(NCCc1ccc(OC)c(OC)c1)N(C)Cc1csc(C(C)OC)n1. The molecule has 0 saturated carbocycles. The zero-order valence-electron chi connectivity index (χ0n) is 17.5. The van der Waals surface area contributed by atoms with Gasteiger partial charge in [0.25, 0.3) is 0 Å². The lowest BCUT2D eigenvalue weighted by molar-refractivity contribution is 0.119. The van der Waals surface area contributed by atoms with E-state index in [1.54, 1.807) is 39.7 Å². The van der Waals surface area contributed by atoms with Crippen LogP contribution in [0.25, 0.3) is 0 Å². The van der Waals surface area contributed by atoms with Gasteiger partial charge in [-0.1, -0.05) is 6.07 Å². The molecule has 0 aliphatic heterocycles. The van der Waals surface area contributed by atoms with E-state index in [1.165, 1.54) is 5.56 Å². The number of aliphatic imine (C=N–C) groups is 1. The Labute approximate surface area is 171 Å². The summed E-state index contributed by atoms with van der Waals surface area (Å²) in [5, 5.41) is 6.46. The first kappa shape index (κ1) is 22.0. The van der Waals surface area contributed by atoms with Gasteiger partial charge in [-0.2, -0.15) is 0 Å². The summed E-state index contributed by atoms with van der Waals surface area (Å²) < 4.78 is 16.0. The van der Waals surface area contributed by atoms with Crippen LogP contribution in [0.4, 0.5) is 0 Å². The number of methoxy groups -OCH3 is 3. The summed E-state index contributed by atoms with van der Waals surface area (Å²) in [6.45, 7) is 3.44. The second-order valence-electron chi connectivity index (χ2n) is 6.32. The van der Waals surface area contributed by atoms with E-state index in [0.29, 0.717) is 6.54 Å². The standard InChI is InChI=1S/C20H30N4O3S/c1-14(25-4)19-23-16(13-28-19)12-24(3)20(21-2)22-10-9-15-7-8-17(26-5)18(11-15)27-6/h7-8,11,13-14H,9-10,12H2,1-6H3,(H,21,22). The van der Waals surface area contributed by atoms with Gasteiger partial charge in [-0.3, -0.25) is 4.99 Å². The maximum atomic E-state index is 5.36. The molecule has 0 bridgehead atoms. The zero-order valence-corrected chi connectivity index (χ0v) is 18.3. The lowest BCUT2D eigenvalue weighted by atomic mass is 10.1. The first-order chi connectivity index (χ1) is 13.5. The molecule has 1 N–H and O–H groups in total. The third-order valence-electron chi connectivity index (χ3n) is 4.39. The fraction of sp³-hybridized carbons (Fsp3) is 0.500. The topological polar surface area (TPSA) is 68.2 Å². The molecule has 1 unspecified atom stereocenters. The van der Waals surface area contributed by atoms with Crippen LogP contribution in [-0.4, -0.2) is 57.8 Å². The van der Waals surface area contributed by atoms with Crippen molar-refractivity contribution in [2.24, 2.45) is 4.99 Å². The van der Waals surface area contributed by atoms with E-state index in [4.69, 9.17) is 14.2 Å². The van der Waals surface area contributed by atoms with Crippen molar-refractivity contribution >= 4 is 17.3 Å². The molecule has 1 heterocycles. The summed E-state index contributed by atoms with van der Waals surface area (Å²) in [6.07, 6.45) is 0.863. The minimum Gasteiger partial charge on any atom is -0.493 e. The van der Waals surface area contributed by atoms with Gasteiger partial charge in [0.05, 0.1) is 26.5 Å². The highest BCUT2D eigenvalue weighted by atomic mass is 32.1. The highest BCUT2D eigenvalue weighted by Gasteiger charge is 2.13. The Kier molecular flexibility index (Phi) is 8.53. The van der Waals surface area contributed by atoms with E-state index in [2.05, 4.69) is 25.6 Å². The average molecular weight is 407 g/mol. The van der Waals surface area contributed by atoms with E-state index in [1.807, 2.05) is 32.2 Å². The Balaban J connectivity index is 1.89. The van der Waals surface area contributed by atoms with Crippen molar-refractivity contribution in [2.45, 2.75) is 26.0 Å². The molecule has 1 atom stereocenters. The van der Waals surface area contributed by atoms with Crippen molar-refractivity contribution in [3.8, 4) is 11.5 Å². The second kappa shape index (κ2) is 10.9. The predicted octanol–water partition coefficient (Wildman–Crippen LogP) is 3.12. The molecule has 0 amide bonds. The molecule has 7 nitrogen and oxygen atoms in total. The maximum absolute atomic E-state index is 5.36. The molecule has 1 aromatic heterocycles. The molecule has 0 aliphatic carbocycles. The third-order valence-corrected chi connectivity index (χ3v) is 5.44. The molecule has 0 fully saturated rings. The van der Waals surface area contributed by atoms with Crippen LogP contribution in [0.2, 0.25) is 0 Å². The van der Waals surface area contributed by atoms with Crippen LogP contribution in [0, 0.1) is 0 Å². The third kappa shape index (κ3) is 5.84. The first-order valence-corrected chi connectivity index (χ1v) is 10.00. The summed E-state index contributed by atoms with van der Waals surface area (Å²) in [5.74, 6) is 2.31. The number of hydrogen-bond acceptors (Lipinski definition) is 6. The maximum Gasteiger partial charge on any atom is 0.193 e. The van der Waals surface area contributed by atoms with Gasteiger partial charge < -0.3 is 24.4 Å². The van der Waals surface area contributed by atoms with E-state index in [0.717, 1.165) is 41.1 Å². The van der Waals surface area contributed by atoms with Gasteiger partial charge in [0.2, 0.25) is 0 Å². The molecule has 28 heavy (non-hydrogen) atoms. The highest BCUT2D eigenvalue weighted by Crippen LogP contribution is 2.27. The normalized spacial score (nSPS) is 12.6. The quantitative estimate of drug-likeness (QED) is 0.510. The van der Waals surface area contributed by atoms with Crippen LogP contribution >= 0.6 is 11.3 Å².